The van der Waals surface area contributed by atoms with Gasteiger partial charge in [-0.3, -0.25) is 0 Å². The minimum atomic E-state index is -3.53. The number of nitrogens with two attached hydrogens (primary N) is 1. The molecule has 1 aliphatic rings. The van der Waals surface area contributed by atoms with Crippen LogP contribution in [0.1, 0.15) is 25.7 Å². The largest absolute Gasteiger partial charge is 0.392 e. The molecule has 0 bridgehead atoms. The molecule has 0 aliphatic heterocycles. The molecular weight excluding hydrogens is 166 g/mol. The molecule has 0 spiro atoms. The molecule has 66 valence electrons. The van der Waals surface area contributed by atoms with Gasteiger partial charge in [-0.05, 0) is 12.8 Å². The predicted molar refractivity (Wildman–Crippen MR) is 41.4 cm³/mol. The number of aliphatic hydroxyl groups excluding tert-OH is 1. The summed E-state index contributed by atoms with van der Waals surface area (Å²) in [5.74, 6) is 0. The summed E-state index contributed by atoms with van der Waals surface area (Å²) in [7, 11) is -3.53. The van der Waals surface area contributed by atoms with Crippen LogP contribution >= 0.6 is 0 Å². The second-order valence-corrected chi connectivity index (χ2v) is 4.76. The van der Waals surface area contributed by atoms with Crippen molar-refractivity contribution in [3.63, 3.8) is 0 Å². The van der Waals surface area contributed by atoms with E-state index in [9.17, 15) is 13.5 Å². The number of hydrogen-bond donors (Lipinski definition) is 2. The lowest BCUT2D eigenvalue weighted by atomic mass is 9.97. The predicted octanol–water partition coefficient (Wildman–Crippen LogP) is -0.422. The van der Waals surface area contributed by atoms with Crippen molar-refractivity contribution >= 4 is 10.0 Å². The van der Waals surface area contributed by atoms with Crippen molar-refractivity contribution in [1.82, 2.24) is 0 Å². The molecule has 0 amide bonds. The summed E-state index contributed by atoms with van der Waals surface area (Å²) in [4.78, 5) is 0. The highest BCUT2D eigenvalue weighted by Gasteiger charge is 2.31. The van der Waals surface area contributed by atoms with Crippen LogP contribution in [0.25, 0.3) is 0 Å². The number of sulfonamides is 1. The number of primary sulfonamides is 1. The molecule has 1 fully saturated rings. The molecule has 0 aromatic carbocycles. The Morgan fingerprint density at radius 3 is 2.18 bits per heavy atom. The Labute approximate surface area is 66.5 Å². The maximum Gasteiger partial charge on any atom is 0.214 e. The van der Waals surface area contributed by atoms with Gasteiger partial charge in [0.15, 0.2) is 0 Å². The van der Waals surface area contributed by atoms with E-state index in [1.54, 1.807) is 0 Å². The maximum absolute atomic E-state index is 10.8. The van der Waals surface area contributed by atoms with Crippen LogP contribution in [0.3, 0.4) is 0 Å². The zero-order valence-corrected chi connectivity index (χ0v) is 7.05. The lowest BCUT2D eigenvalue weighted by molar-refractivity contribution is 0.133. The normalized spacial score (nSPS) is 33.6. The Hall–Kier alpha value is -0.130. The lowest BCUT2D eigenvalue weighted by Gasteiger charge is -2.25. The first-order valence-electron chi connectivity index (χ1n) is 3.71. The van der Waals surface area contributed by atoms with Crippen molar-refractivity contribution in [2.75, 3.05) is 0 Å². The van der Waals surface area contributed by atoms with Crippen LogP contribution in [0.4, 0.5) is 0 Å². The minimum absolute atomic E-state index is 0.500. The van der Waals surface area contributed by atoms with Crippen LogP contribution in [-0.2, 0) is 10.0 Å². The zero-order valence-electron chi connectivity index (χ0n) is 6.23. The number of aliphatic hydroxyl groups is 1. The first kappa shape index (κ1) is 8.96. The second-order valence-electron chi connectivity index (χ2n) is 2.98. The molecular formula is C6H13NO3S. The van der Waals surface area contributed by atoms with Crippen LogP contribution in [-0.4, -0.2) is 24.9 Å². The van der Waals surface area contributed by atoms with Gasteiger partial charge in [0.25, 0.3) is 0 Å². The topological polar surface area (TPSA) is 80.4 Å². The quantitative estimate of drug-likeness (QED) is 0.573. The SMILES string of the molecule is NS(=O)(=O)[C@@H]1CCCC[C@H]1O. The van der Waals surface area contributed by atoms with Gasteiger partial charge in [-0.2, -0.15) is 0 Å². The van der Waals surface area contributed by atoms with Gasteiger partial charge in [0.05, 0.1) is 6.10 Å². The maximum atomic E-state index is 10.8. The Morgan fingerprint density at radius 1 is 1.27 bits per heavy atom. The molecule has 4 nitrogen and oxygen atoms in total. The summed E-state index contributed by atoms with van der Waals surface area (Å²) < 4.78 is 21.6. The molecule has 0 unspecified atom stereocenters. The van der Waals surface area contributed by atoms with E-state index in [-0.39, 0.29) is 0 Å². The van der Waals surface area contributed by atoms with Crippen molar-refractivity contribution < 1.29 is 13.5 Å². The summed E-state index contributed by atoms with van der Waals surface area (Å²) in [6.07, 6.45) is 2.05. The number of rotatable bonds is 1. The molecule has 0 aromatic heterocycles. The van der Waals surface area contributed by atoms with E-state index in [4.69, 9.17) is 5.14 Å². The van der Waals surface area contributed by atoms with E-state index in [0.717, 1.165) is 12.8 Å². The van der Waals surface area contributed by atoms with E-state index in [0.29, 0.717) is 12.8 Å². The molecule has 2 atom stereocenters. The highest BCUT2D eigenvalue weighted by molar-refractivity contribution is 7.89. The van der Waals surface area contributed by atoms with Gasteiger partial charge in [-0.1, -0.05) is 12.8 Å². The van der Waals surface area contributed by atoms with Gasteiger partial charge in [0.2, 0.25) is 10.0 Å². The average molecular weight is 179 g/mol. The first-order valence-corrected chi connectivity index (χ1v) is 5.32. The Kier molecular flexibility index (Phi) is 2.51. The van der Waals surface area contributed by atoms with Gasteiger partial charge < -0.3 is 5.11 Å². The molecule has 1 saturated carbocycles. The fourth-order valence-electron chi connectivity index (χ4n) is 1.46. The third-order valence-electron chi connectivity index (χ3n) is 2.09. The smallest absolute Gasteiger partial charge is 0.214 e. The third-order valence-corrected chi connectivity index (χ3v) is 3.48. The molecule has 0 radical (unpaired) electrons. The standard InChI is InChI=1S/C6H13NO3S/c7-11(9,10)6-4-2-1-3-5(6)8/h5-6,8H,1-4H2,(H2,7,9,10)/t5-,6-/m1/s1. The molecule has 1 rings (SSSR count). The van der Waals surface area contributed by atoms with Crippen LogP contribution in [0.5, 0.6) is 0 Å². The summed E-state index contributed by atoms with van der Waals surface area (Å²) >= 11 is 0. The molecule has 3 N–H and O–H groups in total. The van der Waals surface area contributed by atoms with Gasteiger partial charge in [0.1, 0.15) is 5.25 Å². The molecule has 0 saturated heterocycles. The van der Waals surface area contributed by atoms with Gasteiger partial charge in [0, 0.05) is 0 Å². The second kappa shape index (κ2) is 3.08. The summed E-state index contributed by atoms with van der Waals surface area (Å²) in [5, 5.41) is 13.4. The fraction of sp³-hybridized carbons (Fsp3) is 1.00. The third kappa shape index (κ3) is 2.15. The lowest BCUT2D eigenvalue weighted by Crippen LogP contribution is -2.40. The van der Waals surface area contributed by atoms with Gasteiger partial charge >= 0.3 is 0 Å². The molecule has 5 heteroatoms. The van der Waals surface area contributed by atoms with Gasteiger partial charge in [-0.15, -0.1) is 0 Å². The van der Waals surface area contributed by atoms with Crippen LogP contribution in [0.2, 0.25) is 0 Å². The molecule has 11 heavy (non-hydrogen) atoms. The highest BCUT2D eigenvalue weighted by atomic mass is 32.2. The highest BCUT2D eigenvalue weighted by Crippen LogP contribution is 2.22. The molecule has 0 heterocycles. The van der Waals surface area contributed by atoms with Gasteiger partial charge in [-0.25, -0.2) is 13.6 Å². The minimum Gasteiger partial charge on any atom is -0.392 e. The van der Waals surface area contributed by atoms with Crippen LogP contribution < -0.4 is 5.14 Å². The monoisotopic (exact) mass is 179 g/mol. The van der Waals surface area contributed by atoms with Crippen LogP contribution in [0, 0.1) is 0 Å². The average Bonchev–Trinajstić information content (AvgIpc) is 1.86. The first-order chi connectivity index (χ1) is 5.02. The fourth-order valence-corrected chi connectivity index (χ4v) is 2.53. The summed E-state index contributed by atoms with van der Waals surface area (Å²) in [5.41, 5.74) is 0. The van der Waals surface area contributed by atoms with E-state index in [1.807, 2.05) is 0 Å². The van der Waals surface area contributed by atoms with Crippen molar-refractivity contribution in [3.05, 3.63) is 0 Å². The van der Waals surface area contributed by atoms with Crippen LogP contribution in [0.15, 0.2) is 0 Å². The Bertz CT molecular complexity index is 224. The molecule has 0 aromatic rings. The molecule has 1 aliphatic carbocycles. The Morgan fingerprint density at radius 2 is 1.82 bits per heavy atom. The van der Waals surface area contributed by atoms with Crippen molar-refractivity contribution in [2.24, 2.45) is 5.14 Å². The zero-order chi connectivity index (χ0) is 8.48. The summed E-state index contributed by atoms with van der Waals surface area (Å²) in [6.45, 7) is 0. The van der Waals surface area contributed by atoms with Crippen molar-refractivity contribution in [3.8, 4) is 0 Å². The van der Waals surface area contributed by atoms with E-state index >= 15 is 0 Å². The van der Waals surface area contributed by atoms with Crippen molar-refractivity contribution in [2.45, 2.75) is 37.0 Å². The number of hydrogen-bond acceptors (Lipinski definition) is 3. The Balaban J connectivity index is 2.70. The van der Waals surface area contributed by atoms with Crippen molar-refractivity contribution in [1.29, 1.82) is 0 Å². The summed E-state index contributed by atoms with van der Waals surface area (Å²) in [6, 6.07) is 0. The van der Waals surface area contributed by atoms with E-state index in [1.165, 1.54) is 0 Å². The van der Waals surface area contributed by atoms with E-state index in [2.05, 4.69) is 0 Å². The van der Waals surface area contributed by atoms with E-state index < -0.39 is 21.4 Å².